The lowest BCUT2D eigenvalue weighted by Crippen LogP contribution is -2.36. The van der Waals surface area contributed by atoms with E-state index in [0.29, 0.717) is 19.2 Å². The minimum Gasteiger partial charge on any atom is -0.389 e. The summed E-state index contributed by atoms with van der Waals surface area (Å²) in [5, 5.41) is 13.4. The van der Waals surface area contributed by atoms with E-state index in [0.717, 1.165) is 5.56 Å². The van der Waals surface area contributed by atoms with Crippen LogP contribution in [0.15, 0.2) is 30.3 Å². The van der Waals surface area contributed by atoms with Gasteiger partial charge < -0.3 is 15.2 Å². The van der Waals surface area contributed by atoms with Crippen LogP contribution in [0.5, 0.6) is 0 Å². The number of ether oxygens (including phenoxy) is 1. The van der Waals surface area contributed by atoms with Gasteiger partial charge in [0.05, 0.1) is 18.8 Å². The first-order chi connectivity index (χ1) is 10.1. The molecule has 0 saturated heterocycles. The summed E-state index contributed by atoms with van der Waals surface area (Å²) in [7, 11) is 0. The van der Waals surface area contributed by atoms with Crippen molar-refractivity contribution in [2.75, 3.05) is 13.2 Å². The molecule has 0 spiro atoms. The Balaban J connectivity index is 2.14. The largest absolute Gasteiger partial charge is 0.389 e. The van der Waals surface area contributed by atoms with Gasteiger partial charge in [-0.3, -0.25) is 0 Å². The molecular formula is C18H31NO2. The third-order valence-corrected chi connectivity index (χ3v) is 3.75. The van der Waals surface area contributed by atoms with Gasteiger partial charge in [-0.05, 0) is 25.8 Å². The molecule has 0 fully saturated rings. The summed E-state index contributed by atoms with van der Waals surface area (Å²) in [6.45, 7) is 7.37. The van der Waals surface area contributed by atoms with E-state index in [1.165, 1.54) is 25.7 Å². The molecule has 3 heteroatoms. The van der Waals surface area contributed by atoms with Gasteiger partial charge in [0.25, 0.3) is 0 Å². The lowest BCUT2D eigenvalue weighted by Gasteiger charge is -2.19. The van der Waals surface area contributed by atoms with E-state index in [4.69, 9.17) is 4.74 Å². The maximum atomic E-state index is 9.98. The number of hydrogen-bond acceptors (Lipinski definition) is 3. The van der Waals surface area contributed by atoms with E-state index in [9.17, 15) is 5.11 Å². The average molecular weight is 293 g/mol. The van der Waals surface area contributed by atoms with Gasteiger partial charge in [0.15, 0.2) is 0 Å². The molecule has 1 aromatic rings. The van der Waals surface area contributed by atoms with Crippen molar-refractivity contribution >= 4 is 0 Å². The van der Waals surface area contributed by atoms with Crippen LogP contribution in [0.4, 0.5) is 0 Å². The van der Waals surface area contributed by atoms with E-state index < -0.39 is 6.10 Å². The minimum atomic E-state index is -0.454. The smallest absolute Gasteiger partial charge is 0.0898 e. The zero-order valence-corrected chi connectivity index (χ0v) is 13.7. The fourth-order valence-electron chi connectivity index (χ4n) is 2.27. The molecule has 0 aromatic heterocycles. The first kappa shape index (κ1) is 18.1. The second-order valence-electron chi connectivity index (χ2n) is 5.85. The highest BCUT2D eigenvalue weighted by Gasteiger charge is 2.10. The van der Waals surface area contributed by atoms with Crippen molar-refractivity contribution in [3.05, 3.63) is 35.9 Å². The highest BCUT2D eigenvalue weighted by atomic mass is 16.5. The van der Waals surface area contributed by atoms with E-state index >= 15 is 0 Å². The third-order valence-electron chi connectivity index (χ3n) is 3.75. The number of nitrogens with one attached hydrogen (secondary N) is 1. The van der Waals surface area contributed by atoms with Crippen molar-refractivity contribution in [2.45, 2.75) is 64.7 Å². The molecule has 0 amide bonds. The van der Waals surface area contributed by atoms with E-state index in [1.807, 2.05) is 37.3 Å². The van der Waals surface area contributed by atoms with Crippen LogP contribution in [-0.4, -0.2) is 30.4 Å². The van der Waals surface area contributed by atoms with E-state index in [1.54, 1.807) is 0 Å². The maximum Gasteiger partial charge on any atom is 0.0898 e. The number of hydrogen-bond donors (Lipinski definition) is 2. The Hall–Kier alpha value is -0.900. The SMILES string of the molecule is CCCCCC(C)NCC(O)COC(C)c1ccccc1. The first-order valence-corrected chi connectivity index (χ1v) is 8.21. The standard InChI is InChI=1S/C18H31NO2/c1-4-5-7-10-15(2)19-13-18(20)14-21-16(3)17-11-8-6-9-12-17/h6,8-9,11-12,15-16,18-20H,4-5,7,10,13-14H2,1-3H3. The number of rotatable bonds is 11. The number of unbranched alkanes of at least 4 members (excludes halogenated alkanes) is 2. The highest BCUT2D eigenvalue weighted by molar-refractivity contribution is 5.16. The van der Waals surface area contributed by atoms with Gasteiger partial charge in [-0.2, -0.15) is 0 Å². The van der Waals surface area contributed by atoms with Crippen LogP contribution in [0.2, 0.25) is 0 Å². The van der Waals surface area contributed by atoms with E-state index in [-0.39, 0.29) is 6.10 Å². The van der Waals surface area contributed by atoms with Crippen LogP contribution in [-0.2, 0) is 4.74 Å². The summed E-state index contributed by atoms with van der Waals surface area (Å²) < 4.78 is 5.73. The van der Waals surface area contributed by atoms with Crippen LogP contribution < -0.4 is 5.32 Å². The second-order valence-corrected chi connectivity index (χ2v) is 5.85. The second kappa shape index (κ2) is 10.8. The maximum absolute atomic E-state index is 9.98. The molecule has 0 saturated carbocycles. The summed E-state index contributed by atoms with van der Waals surface area (Å²) in [6, 6.07) is 10.6. The molecule has 3 atom stereocenters. The molecule has 21 heavy (non-hydrogen) atoms. The molecule has 2 N–H and O–H groups in total. The molecule has 0 aliphatic heterocycles. The van der Waals surface area contributed by atoms with Gasteiger partial charge in [0.1, 0.15) is 0 Å². The number of benzene rings is 1. The molecular weight excluding hydrogens is 262 g/mol. The molecule has 120 valence electrons. The Bertz CT molecular complexity index is 355. The van der Waals surface area contributed by atoms with Gasteiger partial charge in [-0.25, -0.2) is 0 Å². The molecule has 0 heterocycles. The van der Waals surface area contributed by atoms with Crippen LogP contribution in [0.3, 0.4) is 0 Å². The molecule has 0 radical (unpaired) electrons. The van der Waals surface area contributed by atoms with Gasteiger partial charge in [0.2, 0.25) is 0 Å². The highest BCUT2D eigenvalue weighted by Crippen LogP contribution is 2.15. The Kier molecular flexibility index (Phi) is 9.31. The van der Waals surface area contributed by atoms with Crippen LogP contribution in [0, 0.1) is 0 Å². The summed E-state index contributed by atoms with van der Waals surface area (Å²) in [5.41, 5.74) is 1.14. The van der Waals surface area contributed by atoms with Gasteiger partial charge in [-0.1, -0.05) is 56.5 Å². The monoisotopic (exact) mass is 293 g/mol. The topological polar surface area (TPSA) is 41.5 Å². The zero-order chi connectivity index (χ0) is 15.5. The van der Waals surface area contributed by atoms with Crippen molar-refractivity contribution in [2.24, 2.45) is 0 Å². The Morgan fingerprint density at radius 1 is 1.14 bits per heavy atom. The molecule has 3 unspecified atom stereocenters. The first-order valence-electron chi connectivity index (χ1n) is 8.21. The predicted octanol–water partition coefficient (Wildman–Crippen LogP) is 3.68. The summed E-state index contributed by atoms with van der Waals surface area (Å²) in [6.07, 6.45) is 4.52. The van der Waals surface area contributed by atoms with Crippen molar-refractivity contribution in [1.82, 2.24) is 5.32 Å². The lowest BCUT2D eigenvalue weighted by atomic mass is 10.1. The number of aliphatic hydroxyl groups is 1. The molecule has 0 aliphatic rings. The van der Waals surface area contributed by atoms with Crippen LogP contribution >= 0.6 is 0 Å². The normalized spacial score (nSPS) is 15.6. The minimum absolute atomic E-state index is 0.0165. The van der Waals surface area contributed by atoms with Crippen LogP contribution in [0.25, 0.3) is 0 Å². The average Bonchev–Trinajstić information content (AvgIpc) is 2.51. The molecule has 1 rings (SSSR count). The summed E-state index contributed by atoms with van der Waals surface area (Å²) >= 11 is 0. The third kappa shape index (κ3) is 8.20. The fourth-order valence-corrected chi connectivity index (χ4v) is 2.27. The molecule has 1 aromatic carbocycles. The van der Waals surface area contributed by atoms with Crippen LogP contribution in [0.1, 0.15) is 58.1 Å². The molecule has 0 bridgehead atoms. The predicted molar refractivity (Wildman–Crippen MR) is 88.4 cm³/mol. The van der Waals surface area contributed by atoms with Gasteiger partial charge in [0, 0.05) is 12.6 Å². The zero-order valence-electron chi connectivity index (χ0n) is 13.7. The van der Waals surface area contributed by atoms with Crippen molar-refractivity contribution in [3.8, 4) is 0 Å². The van der Waals surface area contributed by atoms with Crippen molar-refractivity contribution in [1.29, 1.82) is 0 Å². The molecule has 3 nitrogen and oxygen atoms in total. The summed E-state index contributed by atoms with van der Waals surface area (Å²) in [5.74, 6) is 0. The Labute approximate surface area is 129 Å². The Morgan fingerprint density at radius 2 is 1.86 bits per heavy atom. The molecule has 0 aliphatic carbocycles. The van der Waals surface area contributed by atoms with Crippen molar-refractivity contribution < 1.29 is 9.84 Å². The fraction of sp³-hybridized carbons (Fsp3) is 0.667. The quantitative estimate of drug-likeness (QED) is 0.612. The lowest BCUT2D eigenvalue weighted by molar-refractivity contribution is -0.00282. The van der Waals surface area contributed by atoms with Gasteiger partial charge >= 0.3 is 0 Å². The summed E-state index contributed by atoms with van der Waals surface area (Å²) in [4.78, 5) is 0. The number of aliphatic hydroxyl groups excluding tert-OH is 1. The van der Waals surface area contributed by atoms with Gasteiger partial charge in [-0.15, -0.1) is 0 Å². The Morgan fingerprint density at radius 3 is 2.52 bits per heavy atom. The van der Waals surface area contributed by atoms with Crippen molar-refractivity contribution in [3.63, 3.8) is 0 Å². The van der Waals surface area contributed by atoms with E-state index in [2.05, 4.69) is 19.2 Å².